The smallest absolute Gasteiger partial charge is 0.411 e. The highest BCUT2D eigenvalue weighted by molar-refractivity contribution is 7.91. The number of carbonyl (C=O) groups is 2. The number of amides is 2. The maximum Gasteiger partial charge on any atom is 0.411 e. The molecule has 40 heavy (non-hydrogen) atoms. The first-order chi connectivity index (χ1) is 19.1. The summed E-state index contributed by atoms with van der Waals surface area (Å²) in [5.41, 5.74) is 12.8. The molecule has 3 aromatic rings. The predicted octanol–water partition coefficient (Wildman–Crippen LogP) is 2.78. The topological polar surface area (TPSA) is 191 Å². The van der Waals surface area contributed by atoms with E-state index < -0.39 is 21.8 Å². The Morgan fingerprint density at radius 1 is 1.12 bits per heavy atom. The second-order valence-corrected chi connectivity index (χ2v) is 11.8. The fraction of sp³-hybridized carbons (Fsp3) is 0.370. The summed E-state index contributed by atoms with van der Waals surface area (Å²) in [5, 5.41) is 18.4. The van der Waals surface area contributed by atoms with Crippen LogP contribution in [0.5, 0.6) is 0 Å². The molecule has 0 radical (unpaired) electrons. The molecule has 1 saturated carbocycles. The maximum atomic E-state index is 13.8. The van der Waals surface area contributed by atoms with Gasteiger partial charge in [0.25, 0.3) is 5.91 Å². The summed E-state index contributed by atoms with van der Waals surface area (Å²) in [6.45, 7) is 1.65. The highest BCUT2D eigenvalue weighted by atomic mass is 32.2. The third-order valence-corrected chi connectivity index (χ3v) is 8.69. The molecule has 0 saturated heterocycles. The van der Waals surface area contributed by atoms with E-state index in [-0.39, 0.29) is 53.1 Å². The number of sulfone groups is 1. The lowest BCUT2D eigenvalue weighted by molar-refractivity contribution is 0.0918. The zero-order chi connectivity index (χ0) is 28.9. The third-order valence-electron chi connectivity index (χ3n) is 6.98. The molecule has 2 amide bonds. The zero-order valence-corrected chi connectivity index (χ0v) is 23.0. The first-order valence-corrected chi connectivity index (χ1v) is 14.7. The number of aryl methyl sites for hydroxylation is 1. The molecule has 1 aromatic heterocycles. The Bertz CT molecular complexity index is 1510. The molecular formula is C27H34N6O6S. The third kappa shape index (κ3) is 6.37. The zero-order valence-electron chi connectivity index (χ0n) is 22.2. The highest BCUT2D eigenvalue weighted by Crippen LogP contribution is 2.33. The van der Waals surface area contributed by atoms with Crippen LogP contribution < -0.4 is 22.1 Å². The van der Waals surface area contributed by atoms with Crippen molar-refractivity contribution in [3.8, 4) is 0 Å². The molecule has 12 nitrogen and oxygen atoms in total. The lowest BCUT2D eigenvalue weighted by atomic mass is 9.92. The number of hydrogen-bond donors (Lipinski definition) is 5. The van der Waals surface area contributed by atoms with Crippen LogP contribution in [0.3, 0.4) is 0 Å². The highest BCUT2D eigenvalue weighted by Gasteiger charge is 2.29. The number of carbonyl (C=O) groups excluding carboxylic acids is 2. The quantitative estimate of drug-likeness (QED) is 0.112. The number of amidine groups is 1. The number of benzene rings is 2. The van der Waals surface area contributed by atoms with Crippen molar-refractivity contribution in [3.05, 3.63) is 59.8 Å². The monoisotopic (exact) mass is 570 g/mol. The number of aromatic nitrogens is 1. The number of ether oxygens (including phenoxy) is 1. The summed E-state index contributed by atoms with van der Waals surface area (Å²) in [7, 11) is -3.72. The molecule has 0 aliphatic heterocycles. The molecule has 4 rings (SSSR count). The van der Waals surface area contributed by atoms with Gasteiger partial charge < -0.3 is 31.3 Å². The average molecular weight is 571 g/mol. The van der Waals surface area contributed by atoms with Crippen LogP contribution in [0.15, 0.2) is 58.6 Å². The van der Waals surface area contributed by atoms with Crippen molar-refractivity contribution in [2.45, 2.75) is 56.1 Å². The number of fused-ring (bicyclic) bond motifs is 1. The van der Waals surface area contributed by atoms with E-state index in [9.17, 15) is 23.2 Å². The van der Waals surface area contributed by atoms with Crippen LogP contribution in [0.1, 0.15) is 48.7 Å². The number of rotatable bonds is 9. The Morgan fingerprint density at radius 2 is 1.82 bits per heavy atom. The van der Waals surface area contributed by atoms with Crippen LogP contribution in [-0.2, 0) is 21.1 Å². The minimum atomic E-state index is -3.72. The molecule has 0 atom stereocenters. The molecule has 2 aromatic carbocycles. The largest absolute Gasteiger partial charge is 0.450 e. The molecule has 7 N–H and O–H groups in total. The van der Waals surface area contributed by atoms with E-state index in [1.54, 1.807) is 43.3 Å². The van der Waals surface area contributed by atoms with E-state index in [1.807, 2.05) is 0 Å². The Hall–Kier alpha value is -4.10. The van der Waals surface area contributed by atoms with E-state index in [4.69, 9.17) is 16.2 Å². The van der Waals surface area contributed by atoms with Crippen molar-refractivity contribution >= 4 is 44.3 Å². The Balaban J connectivity index is 1.83. The van der Waals surface area contributed by atoms with Gasteiger partial charge in [-0.05, 0) is 56.9 Å². The Kier molecular flexibility index (Phi) is 8.95. The van der Waals surface area contributed by atoms with E-state index in [1.165, 1.54) is 16.7 Å². The minimum Gasteiger partial charge on any atom is -0.450 e. The van der Waals surface area contributed by atoms with Gasteiger partial charge in [-0.25, -0.2) is 13.2 Å². The van der Waals surface area contributed by atoms with Crippen LogP contribution >= 0.6 is 0 Å². The summed E-state index contributed by atoms with van der Waals surface area (Å²) in [6, 6.07) is 12.7. The SMILES string of the molecule is CCOC(=O)Nc1c(C(=O)NC2CCC(N)CC2)n(CCS(=O)(=O)c2ccccc2)c2cc(/C(N)=N/O)ccc12. The van der Waals surface area contributed by atoms with Gasteiger partial charge in [-0.2, -0.15) is 0 Å². The predicted molar refractivity (Wildman–Crippen MR) is 151 cm³/mol. The summed E-state index contributed by atoms with van der Waals surface area (Å²) >= 11 is 0. The number of nitrogens with two attached hydrogens (primary N) is 2. The number of oxime groups is 1. The van der Waals surface area contributed by atoms with Crippen molar-refractivity contribution in [3.63, 3.8) is 0 Å². The molecular weight excluding hydrogens is 536 g/mol. The van der Waals surface area contributed by atoms with Crippen molar-refractivity contribution in [1.82, 2.24) is 9.88 Å². The Morgan fingerprint density at radius 3 is 2.48 bits per heavy atom. The molecule has 1 heterocycles. The lowest BCUT2D eigenvalue weighted by Gasteiger charge is -2.27. The number of anilines is 1. The van der Waals surface area contributed by atoms with Gasteiger partial charge in [-0.15, -0.1) is 0 Å². The van der Waals surface area contributed by atoms with Gasteiger partial charge >= 0.3 is 6.09 Å². The van der Waals surface area contributed by atoms with Crippen LogP contribution in [-0.4, -0.2) is 60.5 Å². The summed E-state index contributed by atoms with van der Waals surface area (Å²) in [6.07, 6.45) is 2.16. The number of hydrogen-bond acceptors (Lipinski definition) is 8. The van der Waals surface area contributed by atoms with Crippen LogP contribution in [0.25, 0.3) is 10.9 Å². The van der Waals surface area contributed by atoms with Crippen molar-refractivity contribution in [1.29, 1.82) is 0 Å². The standard InChI is InChI=1S/C27H34N6O6S/c1-2-39-27(35)31-23-21-13-8-17(25(29)32-36)16-22(21)33(14-15-40(37,38)20-6-4-3-5-7-20)24(23)26(34)30-19-11-9-18(28)10-12-19/h3-8,13,16,18-19,36H,2,9-12,14-15,28H2,1H3,(H2,29,32)(H,30,34)(H,31,35). The van der Waals surface area contributed by atoms with Crippen molar-refractivity contribution < 1.29 is 28.0 Å². The van der Waals surface area contributed by atoms with Gasteiger partial charge in [0.2, 0.25) is 0 Å². The van der Waals surface area contributed by atoms with Crippen LogP contribution in [0, 0.1) is 0 Å². The van der Waals surface area contributed by atoms with E-state index in [0.29, 0.717) is 29.3 Å². The van der Waals surface area contributed by atoms with Crippen LogP contribution in [0.4, 0.5) is 10.5 Å². The van der Waals surface area contributed by atoms with E-state index in [2.05, 4.69) is 15.8 Å². The molecule has 0 unspecified atom stereocenters. The normalized spacial score (nSPS) is 17.9. The summed E-state index contributed by atoms with van der Waals surface area (Å²) in [5.74, 6) is -0.978. The van der Waals surface area contributed by atoms with E-state index in [0.717, 1.165) is 12.8 Å². The van der Waals surface area contributed by atoms with Gasteiger partial charge in [0.05, 0.1) is 28.5 Å². The average Bonchev–Trinajstić information content (AvgIpc) is 3.25. The minimum absolute atomic E-state index is 0.0674. The fourth-order valence-corrected chi connectivity index (χ4v) is 6.14. The fourth-order valence-electron chi connectivity index (χ4n) is 4.90. The molecule has 214 valence electrons. The molecule has 0 spiro atoms. The van der Waals surface area contributed by atoms with Gasteiger partial charge in [-0.1, -0.05) is 29.4 Å². The van der Waals surface area contributed by atoms with Gasteiger partial charge in [0.15, 0.2) is 15.7 Å². The second-order valence-electron chi connectivity index (χ2n) is 9.65. The molecule has 0 bridgehead atoms. The Labute approximate surface area is 232 Å². The molecule has 1 aliphatic carbocycles. The molecule has 1 aliphatic rings. The first kappa shape index (κ1) is 28.9. The van der Waals surface area contributed by atoms with Crippen molar-refractivity contribution in [2.75, 3.05) is 17.7 Å². The first-order valence-electron chi connectivity index (χ1n) is 13.1. The van der Waals surface area contributed by atoms with Crippen LogP contribution in [0.2, 0.25) is 0 Å². The van der Waals surface area contributed by atoms with Gasteiger partial charge in [0.1, 0.15) is 5.69 Å². The molecule has 13 heteroatoms. The summed E-state index contributed by atoms with van der Waals surface area (Å²) < 4.78 is 33.0. The summed E-state index contributed by atoms with van der Waals surface area (Å²) in [4.78, 5) is 26.5. The van der Waals surface area contributed by atoms with Gasteiger partial charge in [0, 0.05) is 29.6 Å². The number of nitrogens with zero attached hydrogens (tertiary/aromatic N) is 2. The van der Waals surface area contributed by atoms with E-state index >= 15 is 0 Å². The lowest BCUT2D eigenvalue weighted by Crippen LogP contribution is -2.41. The number of nitrogens with one attached hydrogen (secondary N) is 2. The van der Waals surface area contributed by atoms with Crippen molar-refractivity contribution in [2.24, 2.45) is 16.6 Å². The second kappa shape index (κ2) is 12.4. The maximum absolute atomic E-state index is 13.8. The molecule has 1 fully saturated rings. The van der Waals surface area contributed by atoms with Gasteiger partial charge in [-0.3, -0.25) is 10.1 Å².